The van der Waals surface area contributed by atoms with Gasteiger partial charge in [-0.15, -0.1) is 0 Å². The highest BCUT2D eigenvalue weighted by atomic mass is 35.5. The molecule has 0 radical (unpaired) electrons. The highest BCUT2D eigenvalue weighted by Crippen LogP contribution is 2.21. The zero-order valence-electron chi connectivity index (χ0n) is 10.3. The molecule has 0 aromatic carbocycles. The number of aromatic nitrogens is 1. The molecule has 3 nitrogen and oxygen atoms in total. The number of hydrogen-bond donors (Lipinski definition) is 1. The van der Waals surface area contributed by atoms with E-state index in [-0.39, 0.29) is 6.04 Å². The Morgan fingerprint density at radius 1 is 1.59 bits per heavy atom. The molecule has 0 bridgehead atoms. The number of pyridine rings is 1. The first kappa shape index (κ1) is 12.8. The van der Waals surface area contributed by atoms with Crippen LogP contribution >= 0.6 is 11.6 Å². The molecule has 1 saturated heterocycles. The van der Waals surface area contributed by atoms with Crippen LogP contribution in [0.4, 0.5) is 0 Å². The maximum Gasteiger partial charge on any atom is 0.0558 e. The van der Waals surface area contributed by atoms with E-state index in [9.17, 15) is 0 Å². The summed E-state index contributed by atoms with van der Waals surface area (Å²) in [6.45, 7) is 4.06. The van der Waals surface area contributed by atoms with Crippen LogP contribution in [0.5, 0.6) is 0 Å². The Bertz CT molecular complexity index is 367. The molecule has 2 heterocycles. The predicted octanol–water partition coefficient (Wildman–Crippen LogP) is 2.44. The summed E-state index contributed by atoms with van der Waals surface area (Å²) in [6.07, 6.45) is 5.50. The van der Waals surface area contributed by atoms with Crippen LogP contribution in [0.15, 0.2) is 18.3 Å². The molecule has 2 rings (SSSR count). The molecule has 1 aromatic heterocycles. The Morgan fingerprint density at radius 2 is 2.41 bits per heavy atom. The second kappa shape index (κ2) is 5.80. The zero-order chi connectivity index (χ0) is 12.3. The molecule has 1 fully saturated rings. The standard InChI is InChI=1S/C13H20ClN3/c1-10(15)13-4-2-3-7-17(13)9-12-8-11(14)5-6-16-12/h5-6,8,10,13H,2-4,7,9,15H2,1H3. The molecule has 4 heteroatoms. The first-order chi connectivity index (χ1) is 8.16. The number of hydrogen-bond acceptors (Lipinski definition) is 3. The average Bonchev–Trinajstić information content (AvgIpc) is 2.29. The number of nitrogens with zero attached hydrogens (tertiary/aromatic N) is 2. The van der Waals surface area contributed by atoms with E-state index < -0.39 is 0 Å². The molecular weight excluding hydrogens is 234 g/mol. The smallest absolute Gasteiger partial charge is 0.0558 e. The van der Waals surface area contributed by atoms with Crippen molar-refractivity contribution in [1.29, 1.82) is 0 Å². The molecule has 94 valence electrons. The van der Waals surface area contributed by atoms with Gasteiger partial charge in [0.25, 0.3) is 0 Å². The quantitative estimate of drug-likeness (QED) is 0.900. The lowest BCUT2D eigenvalue weighted by atomic mass is 9.97. The van der Waals surface area contributed by atoms with Crippen LogP contribution in [0, 0.1) is 0 Å². The Labute approximate surface area is 108 Å². The van der Waals surface area contributed by atoms with Gasteiger partial charge < -0.3 is 5.73 Å². The van der Waals surface area contributed by atoms with E-state index in [1.807, 2.05) is 12.1 Å². The largest absolute Gasteiger partial charge is 0.327 e. The third kappa shape index (κ3) is 3.41. The highest BCUT2D eigenvalue weighted by Gasteiger charge is 2.25. The van der Waals surface area contributed by atoms with Gasteiger partial charge in [0.05, 0.1) is 5.69 Å². The minimum Gasteiger partial charge on any atom is -0.327 e. The number of piperidine rings is 1. The van der Waals surface area contributed by atoms with Crippen LogP contribution in [-0.4, -0.2) is 28.5 Å². The molecule has 2 N–H and O–H groups in total. The lowest BCUT2D eigenvalue weighted by Gasteiger charge is -2.37. The third-order valence-corrected chi connectivity index (χ3v) is 3.65. The summed E-state index contributed by atoms with van der Waals surface area (Å²) < 4.78 is 0. The van der Waals surface area contributed by atoms with E-state index in [2.05, 4.69) is 16.8 Å². The topological polar surface area (TPSA) is 42.1 Å². The van der Waals surface area contributed by atoms with Crippen LogP contribution in [0.3, 0.4) is 0 Å². The minimum absolute atomic E-state index is 0.217. The van der Waals surface area contributed by atoms with Gasteiger partial charge in [-0.3, -0.25) is 9.88 Å². The number of halogens is 1. The summed E-state index contributed by atoms with van der Waals surface area (Å²) in [5, 5.41) is 0.754. The van der Waals surface area contributed by atoms with E-state index in [4.69, 9.17) is 17.3 Å². The van der Waals surface area contributed by atoms with Crippen molar-refractivity contribution in [1.82, 2.24) is 9.88 Å². The first-order valence-electron chi connectivity index (χ1n) is 6.27. The summed E-state index contributed by atoms with van der Waals surface area (Å²) in [4.78, 5) is 6.80. The number of rotatable bonds is 3. The van der Waals surface area contributed by atoms with Crippen LogP contribution in [0.2, 0.25) is 5.02 Å². The molecule has 2 atom stereocenters. The predicted molar refractivity (Wildman–Crippen MR) is 70.9 cm³/mol. The first-order valence-corrected chi connectivity index (χ1v) is 6.64. The lowest BCUT2D eigenvalue weighted by Crippen LogP contribution is -2.48. The molecule has 1 aliphatic rings. The number of nitrogens with two attached hydrogens (primary N) is 1. The summed E-state index contributed by atoms with van der Waals surface area (Å²) >= 11 is 5.98. The molecule has 1 aliphatic heterocycles. The summed E-state index contributed by atoms with van der Waals surface area (Å²) in [6, 6.07) is 4.44. The Balaban J connectivity index is 2.05. The van der Waals surface area contributed by atoms with Gasteiger partial charge in [0.15, 0.2) is 0 Å². The molecule has 2 unspecified atom stereocenters. The van der Waals surface area contributed by atoms with Crippen molar-refractivity contribution in [3.8, 4) is 0 Å². The molecule has 17 heavy (non-hydrogen) atoms. The molecule has 0 aliphatic carbocycles. The van der Waals surface area contributed by atoms with Crippen LogP contribution in [0.25, 0.3) is 0 Å². The maximum absolute atomic E-state index is 6.05. The van der Waals surface area contributed by atoms with Crippen molar-refractivity contribution in [3.05, 3.63) is 29.0 Å². The molecule has 1 aromatic rings. The van der Waals surface area contributed by atoms with Gasteiger partial charge in [-0.05, 0) is 38.4 Å². The van der Waals surface area contributed by atoms with E-state index >= 15 is 0 Å². The van der Waals surface area contributed by atoms with Crippen LogP contribution < -0.4 is 5.73 Å². The minimum atomic E-state index is 0.217. The average molecular weight is 254 g/mol. The Morgan fingerprint density at radius 3 is 3.12 bits per heavy atom. The lowest BCUT2D eigenvalue weighted by molar-refractivity contribution is 0.121. The van der Waals surface area contributed by atoms with Gasteiger partial charge >= 0.3 is 0 Å². The van der Waals surface area contributed by atoms with Crippen molar-refractivity contribution in [2.24, 2.45) is 5.73 Å². The van der Waals surface area contributed by atoms with E-state index in [1.54, 1.807) is 6.20 Å². The van der Waals surface area contributed by atoms with E-state index in [1.165, 1.54) is 19.3 Å². The fourth-order valence-corrected chi connectivity index (χ4v) is 2.73. The SMILES string of the molecule is CC(N)C1CCCCN1Cc1cc(Cl)ccn1. The summed E-state index contributed by atoms with van der Waals surface area (Å²) in [5.74, 6) is 0. The van der Waals surface area contributed by atoms with Gasteiger partial charge in [0.1, 0.15) is 0 Å². The van der Waals surface area contributed by atoms with Crippen molar-refractivity contribution in [2.45, 2.75) is 44.8 Å². The van der Waals surface area contributed by atoms with Crippen LogP contribution in [-0.2, 0) is 6.54 Å². The van der Waals surface area contributed by atoms with Crippen molar-refractivity contribution in [2.75, 3.05) is 6.54 Å². The van der Waals surface area contributed by atoms with Crippen molar-refractivity contribution in [3.63, 3.8) is 0 Å². The second-order valence-corrected chi connectivity index (χ2v) is 5.29. The highest BCUT2D eigenvalue weighted by molar-refractivity contribution is 6.30. The monoisotopic (exact) mass is 253 g/mol. The Kier molecular flexibility index (Phi) is 4.37. The van der Waals surface area contributed by atoms with E-state index in [0.717, 1.165) is 23.8 Å². The van der Waals surface area contributed by atoms with Gasteiger partial charge in [0, 0.05) is 29.8 Å². The number of likely N-dealkylation sites (tertiary alicyclic amines) is 1. The fourth-order valence-electron chi connectivity index (χ4n) is 2.55. The molecule has 0 amide bonds. The normalized spacial score (nSPS) is 23.6. The van der Waals surface area contributed by atoms with E-state index in [0.29, 0.717) is 6.04 Å². The molecular formula is C13H20ClN3. The Hall–Kier alpha value is -0.640. The van der Waals surface area contributed by atoms with Gasteiger partial charge in [-0.25, -0.2) is 0 Å². The van der Waals surface area contributed by atoms with Crippen LogP contribution in [0.1, 0.15) is 31.9 Å². The third-order valence-electron chi connectivity index (χ3n) is 3.41. The maximum atomic E-state index is 6.05. The van der Waals surface area contributed by atoms with Gasteiger partial charge in [0.2, 0.25) is 0 Å². The van der Waals surface area contributed by atoms with Crippen molar-refractivity contribution >= 4 is 11.6 Å². The zero-order valence-corrected chi connectivity index (χ0v) is 11.0. The molecule has 0 spiro atoms. The summed E-state index contributed by atoms with van der Waals surface area (Å²) in [5.41, 5.74) is 7.09. The van der Waals surface area contributed by atoms with Crippen molar-refractivity contribution < 1.29 is 0 Å². The summed E-state index contributed by atoms with van der Waals surface area (Å²) in [7, 11) is 0. The molecule has 0 saturated carbocycles. The van der Waals surface area contributed by atoms with Gasteiger partial charge in [-0.2, -0.15) is 0 Å². The van der Waals surface area contributed by atoms with Gasteiger partial charge in [-0.1, -0.05) is 18.0 Å². The fraction of sp³-hybridized carbons (Fsp3) is 0.615. The second-order valence-electron chi connectivity index (χ2n) is 4.86.